The highest BCUT2D eigenvalue weighted by molar-refractivity contribution is 6.09. The Balaban J connectivity index is 1.24. The average Bonchev–Trinajstić information content (AvgIpc) is 3.05. The lowest BCUT2D eigenvalue weighted by molar-refractivity contribution is -0.140. The molecule has 5 rings (SSSR count). The molecular formula is C25H27N3O5. The number of likely N-dealkylation sites (N-methyl/N-ethyl adjacent to an activating group) is 1. The molecule has 2 aromatic rings. The van der Waals surface area contributed by atoms with Crippen LogP contribution in [-0.4, -0.2) is 65.5 Å². The topological polar surface area (TPSA) is 88.2 Å². The number of nitrogens with one attached hydrogen (secondary N) is 1. The van der Waals surface area contributed by atoms with E-state index in [1.54, 1.807) is 4.90 Å². The van der Waals surface area contributed by atoms with Gasteiger partial charge in [0, 0.05) is 13.0 Å². The van der Waals surface area contributed by atoms with Crippen molar-refractivity contribution in [2.75, 3.05) is 26.2 Å². The van der Waals surface area contributed by atoms with Crippen LogP contribution < -0.4 is 14.8 Å². The maximum absolute atomic E-state index is 13.3. The van der Waals surface area contributed by atoms with Crippen LogP contribution in [0.2, 0.25) is 0 Å². The van der Waals surface area contributed by atoms with Gasteiger partial charge >= 0.3 is 6.03 Å². The van der Waals surface area contributed by atoms with Gasteiger partial charge in [0.15, 0.2) is 17.6 Å². The molecule has 1 aliphatic carbocycles. The van der Waals surface area contributed by atoms with Crippen LogP contribution in [0.4, 0.5) is 4.79 Å². The van der Waals surface area contributed by atoms with Crippen molar-refractivity contribution < 1.29 is 23.9 Å². The standard InChI is InChI=1S/C25H27N3O5/c1-2-27(14-19-16-32-20-9-5-6-10-21(20)33-19)22(29)15-28-23(30)25(26-24(28)31)12-11-17-7-3-4-8-18(17)13-25/h3-10,19H,2,11-16H2,1H3,(H,26,31). The number of hydrogen-bond donors (Lipinski definition) is 1. The highest BCUT2D eigenvalue weighted by atomic mass is 16.6. The van der Waals surface area contributed by atoms with Crippen molar-refractivity contribution >= 4 is 17.8 Å². The lowest BCUT2D eigenvalue weighted by Gasteiger charge is -2.33. The van der Waals surface area contributed by atoms with Gasteiger partial charge in [0.1, 0.15) is 18.7 Å². The fourth-order valence-corrected chi connectivity index (χ4v) is 4.89. The first-order chi connectivity index (χ1) is 16.0. The third-order valence-electron chi connectivity index (χ3n) is 6.70. The van der Waals surface area contributed by atoms with E-state index in [1.165, 1.54) is 5.56 Å². The van der Waals surface area contributed by atoms with E-state index < -0.39 is 11.6 Å². The van der Waals surface area contributed by atoms with Crippen LogP contribution in [0.5, 0.6) is 11.5 Å². The number of carbonyl (C=O) groups excluding carboxylic acids is 3. The van der Waals surface area contributed by atoms with E-state index in [9.17, 15) is 14.4 Å². The number of rotatable bonds is 5. The molecule has 1 N–H and O–H groups in total. The Labute approximate surface area is 192 Å². The minimum Gasteiger partial charge on any atom is -0.486 e. The van der Waals surface area contributed by atoms with E-state index in [1.807, 2.05) is 49.4 Å². The van der Waals surface area contributed by atoms with E-state index in [4.69, 9.17) is 9.47 Å². The summed E-state index contributed by atoms with van der Waals surface area (Å²) in [6, 6.07) is 14.9. The average molecular weight is 450 g/mol. The summed E-state index contributed by atoms with van der Waals surface area (Å²) in [4.78, 5) is 41.8. The summed E-state index contributed by atoms with van der Waals surface area (Å²) in [5.74, 6) is 0.710. The summed E-state index contributed by atoms with van der Waals surface area (Å²) >= 11 is 0. The first-order valence-electron chi connectivity index (χ1n) is 11.4. The lowest BCUT2D eigenvalue weighted by atomic mass is 9.78. The molecule has 1 spiro atoms. The number of fused-ring (bicyclic) bond motifs is 2. The molecule has 1 fully saturated rings. The molecule has 2 aromatic carbocycles. The van der Waals surface area contributed by atoms with E-state index >= 15 is 0 Å². The fourth-order valence-electron chi connectivity index (χ4n) is 4.89. The number of para-hydroxylation sites is 2. The van der Waals surface area contributed by atoms with E-state index in [-0.39, 0.29) is 24.5 Å². The molecule has 0 radical (unpaired) electrons. The maximum Gasteiger partial charge on any atom is 0.325 e. The smallest absolute Gasteiger partial charge is 0.325 e. The molecule has 2 atom stereocenters. The van der Waals surface area contributed by atoms with Gasteiger partial charge in [0.05, 0.1) is 6.54 Å². The van der Waals surface area contributed by atoms with Gasteiger partial charge in [-0.2, -0.15) is 0 Å². The summed E-state index contributed by atoms with van der Waals surface area (Å²) < 4.78 is 11.7. The summed E-state index contributed by atoms with van der Waals surface area (Å²) in [6.07, 6.45) is 1.37. The largest absolute Gasteiger partial charge is 0.486 e. The van der Waals surface area contributed by atoms with Gasteiger partial charge in [0.2, 0.25) is 5.91 Å². The lowest BCUT2D eigenvalue weighted by Crippen LogP contribution is -2.52. The SMILES string of the molecule is CCN(CC1COc2ccccc2O1)C(=O)CN1C(=O)NC2(CCc3ccccc3C2)C1=O. The Kier molecular flexibility index (Phi) is 5.44. The van der Waals surface area contributed by atoms with Crippen LogP contribution in [0.1, 0.15) is 24.5 Å². The number of hydrogen-bond acceptors (Lipinski definition) is 5. The maximum atomic E-state index is 13.3. The van der Waals surface area contributed by atoms with Crippen molar-refractivity contribution in [3.63, 3.8) is 0 Å². The Morgan fingerprint density at radius 1 is 1.12 bits per heavy atom. The first-order valence-corrected chi connectivity index (χ1v) is 11.4. The Bertz CT molecular complexity index is 1100. The van der Waals surface area contributed by atoms with Crippen LogP contribution in [0.15, 0.2) is 48.5 Å². The van der Waals surface area contributed by atoms with Crippen LogP contribution in [0, 0.1) is 0 Å². The second-order valence-corrected chi connectivity index (χ2v) is 8.78. The molecule has 3 aliphatic rings. The predicted molar refractivity (Wildman–Crippen MR) is 120 cm³/mol. The molecule has 0 saturated carbocycles. The van der Waals surface area contributed by atoms with Gasteiger partial charge in [-0.1, -0.05) is 36.4 Å². The fraction of sp³-hybridized carbons (Fsp3) is 0.400. The third kappa shape index (κ3) is 3.90. The molecule has 8 heteroatoms. The van der Waals surface area contributed by atoms with Crippen LogP contribution >= 0.6 is 0 Å². The highest BCUT2D eigenvalue weighted by Gasteiger charge is 2.52. The molecule has 8 nitrogen and oxygen atoms in total. The second-order valence-electron chi connectivity index (χ2n) is 8.78. The van der Waals surface area contributed by atoms with Crippen LogP contribution in [0.25, 0.3) is 0 Å². The highest BCUT2D eigenvalue weighted by Crippen LogP contribution is 2.34. The van der Waals surface area contributed by atoms with Crippen molar-refractivity contribution in [3.05, 3.63) is 59.7 Å². The van der Waals surface area contributed by atoms with Crippen LogP contribution in [-0.2, 0) is 22.4 Å². The quantitative estimate of drug-likeness (QED) is 0.707. The number of carbonyl (C=O) groups is 3. The molecule has 172 valence electrons. The van der Waals surface area contributed by atoms with Crippen molar-refractivity contribution in [1.29, 1.82) is 0 Å². The van der Waals surface area contributed by atoms with E-state index in [0.29, 0.717) is 50.5 Å². The Morgan fingerprint density at radius 3 is 2.64 bits per heavy atom. The number of nitrogens with zero attached hydrogens (tertiary/aromatic N) is 2. The molecule has 33 heavy (non-hydrogen) atoms. The number of benzene rings is 2. The number of aryl methyl sites for hydroxylation is 1. The monoisotopic (exact) mass is 449 g/mol. The molecule has 0 aromatic heterocycles. The summed E-state index contributed by atoms with van der Waals surface area (Å²) in [6.45, 7) is 2.65. The first kappa shape index (κ1) is 21.3. The van der Waals surface area contributed by atoms with E-state index in [2.05, 4.69) is 11.4 Å². The molecule has 2 aliphatic heterocycles. The molecule has 2 heterocycles. The number of imide groups is 1. The van der Waals surface area contributed by atoms with Crippen molar-refractivity contribution in [1.82, 2.24) is 15.1 Å². The van der Waals surface area contributed by atoms with Crippen molar-refractivity contribution in [2.24, 2.45) is 0 Å². The Morgan fingerprint density at radius 2 is 1.85 bits per heavy atom. The summed E-state index contributed by atoms with van der Waals surface area (Å²) in [5.41, 5.74) is 1.30. The number of ether oxygens (including phenoxy) is 2. The molecule has 1 saturated heterocycles. The van der Waals surface area contributed by atoms with Gasteiger partial charge in [-0.3, -0.25) is 14.5 Å². The molecule has 4 amide bonds. The zero-order chi connectivity index (χ0) is 23.0. The predicted octanol–water partition coefficient (Wildman–Crippen LogP) is 2.15. The second kappa shape index (κ2) is 8.42. The zero-order valence-corrected chi connectivity index (χ0v) is 18.6. The number of amides is 4. The van der Waals surface area contributed by atoms with Gasteiger partial charge in [-0.05, 0) is 43.0 Å². The summed E-state index contributed by atoms with van der Waals surface area (Å²) in [7, 11) is 0. The van der Waals surface area contributed by atoms with Crippen molar-refractivity contribution in [2.45, 2.75) is 37.8 Å². The summed E-state index contributed by atoms with van der Waals surface area (Å²) in [5, 5.41) is 2.89. The van der Waals surface area contributed by atoms with Gasteiger partial charge < -0.3 is 19.7 Å². The Hall–Kier alpha value is -3.55. The molecule has 2 unspecified atom stereocenters. The number of urea groups is 1. The minimum absolute atomic E-state index is 0.286. The van der Waals surface area contributed by atoms with Gasteiger partial charge in [-0.25, -0.2) is 4.79 Å². The van der Waals surface area contributed by atoms with E-state index in [0.717, 1.165) is 10.5 Å². The van der Waals surface area contributed by atoms with Crippen molar-refractivity contribution in [3.8, 4) is 11.5 Å². The molecule has 0 bridgehead atoms. The normalized spacial score (nSPS) is 23.3. The third-order valence-corrected chi connectivity index (χ3v) is 6.70. The zero-order valence-electron chi connectivity index (χ0n) is 18.6. The minimum atomic E-state index is -0.965. The van der Waals surface area contributed by atoms with Gasteiger partial charge in [-0.15, -0.1) is 0 Å². The van der Waals surface area contributed by atoms with Crippen LogP contribution in [0.3, 0.4) is 0 Å². The molecular weight excluding hydrogens is 422 g/mol. The van der Waals surface area contributed by atoms with Gasteiger partial charge in [0.25, 0.3) is 5.91 Å².